The molecule has 0 aliphatic heterocycles. The number of hydrogen-bond donors (Lipinski definition) is 0. The van der Waals surface area contributed by atoms with Gasteiger partial charge in [0.2, 0.25) is 0 Å². The number of rotatable bonds is 6. The van der Waals surface area contributed by atoms with Gasteiger partial charge in [0.25, 0.3) is 15.9 Å². The summed E-state index contributed by atoms with van der Waals surface area (Å²) in [5.41, 5.74) is 2.10. The van der Waals surface area contributed by atoms with E-state index in [1.54, 1.807) is 54.6 Å². The zero-order chi connectivity index (χ0) is 21.9. The fourth-order valence-electron chi connectivity index (χ4n) is 2.70. The highest BCUT2D eigenvalue weighted by Gasteiger charge is 2.31. The minimum absolute atomic E-state index is 0.0229. The molecule has 5 nitrogen and oxygen atoms in total. The fraction of sp³-hybridized carbons (Fsp3) is 0.136. The van der Waals surface area contributed by atoms with Crippen LogP contribution in [0.1, 0.15) is 11.1 Å². The van der Waals surface area contributed by atoms with Crippen molar-refractivity contribution in [2.75, 3.05) is 10.9 Å². The smallest absolute Gasteiger partial charge is 0.278 e. The van der Waals surface area contributed by atoms with Crippen molar-refractivity contribution < 1.29 is 17.9 Å². The number of aryl methyl sites for hydroxylation is 2. The summed E-state index contributed by atoms with van der Waals surface area (Å²) in [4.78, 5) is 13.1. The third-order valence-corrected chi connectivity index (χ3v) is 6.92. The van der Waals surface area contributed by atoms with Crippen LogP contribution in [0.2, 0.25) is 5.02 Å². The van der Waals surface area contributed by atoms with Crippen LogP contribution in [0.4, 0.5) is 5.69 Å². The molecule has 0 radical (unpaired) electrons. The zero-order valence-corrected chi connectivity index (χ0v) is 19.5. The maximum atomic E-state index is 13.3. The SMILES string of the molecule is Cc1ccc(N(C(=O)COc2ccc(Cl)cc2Br)S(=O)(=O)c2ccc(C)cc2)cc1. The molecule has 0 unspecified atom stereocenters. The summed E-state index contributed by atoms with van der Waals surface area (Å²) >= 11 is 9.24. The summed E-state index contributed by atoms with van der Waals surface area (Å²) in [6.07, 6.45) is 0. The van der Waals surface area contributed by atoms with Gasteiger partial charge in [-0.2, -0.15) is 4.31 Å². The van der Waals surface area contributed by atoms with E-state index in [-0.39, 0.29) is 10.6 Å². The van der Waals surface area contributed by atoms with Crippen molar-refractivity contribution in [1.29, 1.82) is 0 Å². The van der Waals surface area contributed by atoms with Gasteiger partial charge in [-0.25, -0.2) is 8.42 Å². The maximum Gasteiger partial charge on any atom is 0.278 e. The molecule has 3 rings (SSSR count). The molecule has 0 bridgehead atoms. The lowest BCUT2D eigenvalue weighted by Crippen LogP contribution is -2.40. The lowest BCUT2D eigenvalue weighted by Gasteiger charge is -2.23. The molecule has 8 heteroatoms. The van der Waals surface area contributed by atoms with Crippen LogP contribution in [0.25, 0.3) is 0 Å². The third-order valence-electron chi connectivity index (χ3n) is 4.30. The van der Waals surface area contributed by atoms with Crippen LogP contribution in [0.5, 0.6) is 5.75 Å². The normalized spacial score (nSPS) is 11.2. The van der Waals surface area contributed by atoms with E-state index in [9.17, 15) is 13.2 Å². The molecule has 0 heterocycles. The van der Waals surface area contributed by atoms with Crippen molar-refractivity contribution in [3.63, 3.8) is 0 Å². The minimum atomic E-state index is -4.13. The second-order valence-electron chi connectivity index (χ2n) is 6.68. The first-order valence-electron chi connectivity index (χ1n) is 8.98. The number of halogens is 2. The number of ether oxygens (including phenoxy) is 1. The first-order chi connectivity index (χ1) is 14.2. The number of hydrogen-bond acceptors (Lipinski definition) is 4. The van der Waals surface area contributed by atoms with Crippen molar-refractivity contribution in [2.24, 2.45) is 0 Å². The molecule has 0 atom stereocenters. The molecule has 0 aromatic heterocycles. The van der Waals surface area contributed by atoms with Gasteiger partial charge < -0.3 is 4.74 Å². The molecular weight excluding hydrogens is 490 g/mol. The Morgan fingerprint density at radius 2 is 1.53 bits per heavy atom. The average molecular weight is 509 g/mol. The highest BCUT2D eigenvalue weighted by atomic mass is 79.9. The standard InChI is InChI=1S/C22H19BrClNO4S/c1-15-3-8-18(9-4-15)25(30(27,28)19-10-5-16(2)6-11-19)22(26)14-29-21-12-7-17(24)13-20(21)23/h3-13H,14H2,1-2H3. The van der Waals surface area contributed by atoms with Gasteiger partial charge in [0.05, 0.1) is 15.1 Å². The van der Waals surface area contributed by atoms with E-state index < -0.39 is 22.5 Å². The van der Waals surface area contributed by atoms with Gasteiger partial charge in [-0.1, -0.05) is 47.0 Å². The molecule has 156 valence electrons. The van der Waals surface area contributed by atoms with E-state index in [4.69, 9.17) is 16.3 Å². The van der Waals surface area contributed by atoms with Gasteiger partial charge in [-0.15, -0.1) is 0 Å². The molecule has 0 saturated carbocycles. The highest BCUT2D eigenvalue weighted by Crippen LogP contribution is 2.29. The summed E-state index contributed by atoms with van der Waals surface area (Å²) in [6.45, 7) is 3.27. The van der Waals surface area contributed by atoms with Gasteiger partial charge in [-0.3, -0.25) is 4.79 Å². The predicted molar refractivity (Wildman–Crippen MR) is 122 cm³/mol. The van der Waals surface area contributed by atoms with Crippen LogP contribution < -0.4 is 9.04 Å². The topological polar surface area (TPSA) is 63.7 Å². The third kappa shape index (κ3) is 5.03. The average Bonchev–Trinajstić information content (AvgIpc) is 2.69. The lowest BCUT2D eigenvalue weighted by molar-refractivity contribution is -0.119. The molecule has 0 fully saturated rings. The summed E-state index contributed by atoms with van der Waals surface area (Å²) in [5, 5.41) is 0.504. The summed E-state index contributed by atoms with van der Waals surface area (Å²) in [5.74, 6) is -0.342. The Hall–Kier alpha value is -2.35. The number of benzene rings is 3. The molecule has 0 saturated heterocycles. The van der Waals surface area contributed by atoms with Crippen molar-refractivity contribution >= 4 is 49.1 Å². The Kier molecular flexibility index (Phi) is 6.85. The molecule has 1 amide bonds. The number of carbonyl (C=O) groups is 1. The van der Waals surface area contributed by atoms with E-state index >= 15 is 0 Å². The van der Waals surface area contributed by atoms with Crippen LogP contribution in [0.15, 0.2) is 76.1 Å². The van der Waals surface area contributed by atoms with Crippen LogP contribution >= 0.6 is 27.5 Å². The van der Waals surface area contributed by atoms with E-state index in [0.717, 1.165) is 15.4 Å². The van der Waals surface area contributed by atoms with E-state index in [1.807, 2.05) is 13.8 Å². The molecule has 0 aliphatic carbocycles. The maximum absolute atomic E-state index is 13.3. The Morgan fingerprint density at radius 3 is 2.10 bits per heavy atom. The van der Waals surface area contributed by atoms with Crippen LogP contribution in [0, 0.1) is 13.8 Å². The van der Waals surface area contributed by atoms with Crippen molar-refractivity contribution in [2.45, 2.75) is 18.7 Å². The molecular formula is C22H19BrClNO4S. The van der Waals surface area contributed by atoms with Gasteiger partial charge in [-0.05, 0) is 72.2 Å². The van der Waals surface area contributed by atoms with Crippen LogP contribution in [-0.4, -0.2) is 20.9 Å². The number of amides is 1. The first kappa shape index (κ1) is 22.3. The predicted octanol–water partition coefficient (Wildman–Crippen LogP) is 5.52. The van der Waals surface area contributed by atoms with Gasteiger partial charge in [0.15, 0.2) is 6.61 Å². The number of anilines is 1. The van der Waals surface area contributed by atoms with Gasteiger partial charge in [0.1, 0.15) is 5.75 Å². The highest BCUT2D eigenvalue weighted by molar-refractivity contribution is 9.10. The van der Waals surface area contributed by atoms with Gasteiger partial charge in [0, 0.05) is 5.02 Å². The first-order valence-corrected chi connectivity index (χ1v) is 11.6. The number of carbonyl (C=O) groups excluding carboxylic acids is 1. The zero-order valence-electron chi connectivity index (χ0n) is 16.3. The van der Waals surface area contributed by atoms with E-state index in [1.165, 1.54) is 12.1 Å². The minimum Gasteiger partial charge on any atom is -0.483 e. The van der Waals surface area contributed by atoms with Gasteiger partial charge >= 0.3 is 0 Å². The van der Waals surface area contributed by atoms with Crippen molar-refractivity contribution in [3.8, 4) is 5.75 Å². The number of nitrogens with zero attached hydrogens (tertiary/aromatic N) is 1. The Bertz CT molecular complexity index is 1160. The largest absolute Gasteiger partial charge is 0.483 e. The van der Waals surface area contributed by atoms with E-state index in [0.29, 0.717) is 15.2 Å². The second-order valence-corrected chi connectivity index (χ2v) is 9.75. The quantitative estimate of drug-likeness (QED) is 0.440. The summed E-state index contributed by atoms with van der Waals surface area (Å²) in [7, 11) is -4.13. The second kappa shape index (κ2) is 9.20. The molecule has 0 aliphatic rings. The molecule has 0 spiro atoms. The lowest BCUT2D eigenvalue weighted by atomic mass is 10.2. The molecule has 0 N–H and O–H groups in total. The Morgan fingerprint density at radius 1 is 0.967 bits per heavy atom. The van der Waals surface area contributed by atoms with Crippen molar-refractivity contribution in [1.82, 2.24) is 0 Å². The van der Waals surface area contributed by atoms with Crippen LogP contribution in [-0.2, 0) is 14.8 Å². The number of sulfonamides is 1. The summed E-state index contributed by atoms with van der Waals surface area (Å²) < 4.78 is 33.5. The molecule has 30 heavy (non-hydrogen) atoms. The monoisotopic (exact) mass is 507 g/mol. The van der Waals surface area contributed by atoms with Crippen LogP contribution in [0.3, 0.4) is 0 Å². The van der Waals surface area contributed by atoms with Crippen molar-refractivity contribution in [3.05, 3.63) is 87.4 Å². The summed E-state index contributed by atoms with van der Waals surface area (Å²) in [6, 6.07) is 17.9. The fourth-order valence-corrected chi connectivity index (χ4v) is 4.91. The molecule has 3 aromatic carbocycles. The van der Waals surface area contributed by atoms with E-state index in [2.05, 4.69) is 15.9 Å². The molecule has 3 aromatic rings. The Labute approximate surface area is 189 Å². The Balaban J connectivity index is 1.95.